The van der Waals surface area contributed by atoms with E-state index in [-0.39, 0.29) is 11.1 Å². The summed E-state index contributed by atoms with van der Waals surface area (Å²) in [4.78, 5) is 48.0. The number of esters is 1. The lowest BCUT2D eigenvalue weighted by atomic mass is 10.1. The molecule has 7 nitrogen and oxygen atoms in total. The Morgan fingerprint density at radius 1 is 1.04 bits per heavy atom. The molecule has 2 aromatic rings. The first-order valence-corrected chi connectivity index (χ1v) is 6.98. The Morgan fingerprint density at radius 3 is 2.33 bits per heavy atom. The highest BCUT2D eigenvalue weighted by atomic mass is 16.5. The highest BCUT2D eigenvalue weighted by Gasteiger charge is 2.36. The van der Waals surface area contributed by atoms with E-state index in [2.05, 4.69) is 10.1 Å². The average molecular weight is 324 g/mol. The predicted octanol–water partition coefficient (Wildman–Crippen LogP) is 1.84. The Morgan fingerprint density at radius 2 is 1.71 bits per heavy atom. The summed E-state index contributed by atoms with van der Waals surface area (Å²) in [6.07, 6.45) is 0.492. The smallest absolute Gasteiger partial charge is 0.337 e. The van der Waals surface area contributed by atoms with Gasteiger partial charge in [-0.15, -0.1) is 0 Å². The van der Waals surface area contributed by atoms with E-state index in [0.29, 0.717) is 23.3 Å². The highest BCUT2D eigenvalue weighted by Crippen LogP contribution is 2.30. The van der Waals surface area contributed by atoms with Crippen LogP contribution in [0.3, 0.4) is 0 Å². The van der Waals surface area contributed by atoms with E-state index in [1.807, 2.05) is 0 Å². The molecule has 0 aromatic heterocycles. The van der Waals surface area contributed by atoms with Crippen LogP contribution in [0.4, 0.5) is 11.4 Å². The summed E-state index contributed by atoms with van der Waals surface area (Å²) in [6, 6.07) is 10.4. The van der Waals surface area contributed by atoms with E-state index in [1.54, 1.807) is 6.07 Å². The van der Waals surface area contributed by atoms with Crippen LogP contribution < -0.4 is 10.2 Å². The number of benzene rings is 2. The molecule has 1 heterocycles. The number of fused-ring (bicyclic) bond motifs is 1. The number of methoxy groups -OCH3 is 1. The van der Waals surface area contributed by atoms with Gasteiger partial charge in [-0.1, -0.05) is 0 Å². The maximum absolute atomic E-state index is 12.5. The van der Waals surface area contributed by atoms with Crippen molar-refractivity contribution in [3.63, 3.8) is 0 Å². The van der Waals surface area contributed by atoms with Crippen LogP contribution in [0.25, 0.3) is 0 Å². The molecule has 0 fully saturated rings. The molecule has 1 aliphatic heterocycles. The fraction of sp³-hybridized carbons (Fsp3) is 0.0588. The van der Waals surface area contributed by atoms with Gasteiger partial charge >= 0.3 is 5.97 Å². The van der Waals surface area contributed by atoms with Gasteiger partial charge in [0.2, 0.25) is 6.41 Å². The number of carbonyl (C=O) groups excluding carboxylic acids is 4. The third-order valence-electron chi connectivity index (χ3n) is 3.66. The molecule has 0 saturated heterocycles. The van der Waals surface area contributed by atoms with Crippen molar-refractivity contribution in [1.82, 2.24) is 0 Å². The Kier molecular flexibility index (Phi) is 3.83. The topological polar surface area (TPSA) is 92.8 Å². The minimum Gasteiger partial charge on any atom is -0.465 e. The molecule has 1 N–H and O–H groups in total. The van der Waals surface area contributed by atoms with Crippen LogP contribution in [0.1, 0.15) is 31.1 Å². The predicted molar refractivity (Wildman–Crippen MR) is 85.1 cm³/mol. The normalized spacial score (nSPS) is 12.8. The molecule has 0 aliphatic carbocycles. The second-order valence-electron chi connectivity index (χ2n) is 5.01. The first kappa shape index (κ1) is 15.4. The summed E-state index contributed by atoms with van der Waals surface area (Å²) in [5.41, 5.74) is 1.55. The van der Waals surface area contributed by atoms with Crippen molar-refractivity contribution in [3.8, 4) is 0 Å². The van der Waals surface area contributed by atoms with Gasteiger partial charge in [-0.05, 0) is 42.5 Å². The minimum atomic E-state index is -0.506. The highest BCUT2D eigenvalue weighted by molar-refractivity contribution is 6.34. The van der Waals surface area contributed by atoms with Crippen molar-refractivity contribution in [2.24, 2.45) is 0 Å². The van der Waals surface area contributed by atoms with E-state index in [0.717, 1.165) is 4.90 Å². The molecule has 24 heavy (non-hydrogen) atoms. The van der Waals surface area contributed by atoms with Gasteiger partial charge < -0.3 is 10.1 Å². The van der Waals surface area contributed by atoms with Crippen molar-refractivity contribution in [3.05, 3.63) is 59.2 Å². The Labute approximate surface area is 136 Å². The molecule has 7 heteroatoms. The van der Waals surface area contributed by atoms with Gasteiger partial charge in [0.05, 0.1) is 29.5 Å². The monoisotopic (exact) mass is 324 g/mol. The van der Waals surface area contributed by atoms with Crippen LogP contribution in [0.5, 0.6) is 0 Å². The molecule has 0 atom stereocenters. The van der Waals surface area contributed by atoms with Crippen molar-refractivity contribution in [1.29, 1.82) is 0 Å². The molecule has 0 unspecified atom stereocenters. The van der Waals surface area contributed by atoms with E-state index >= 15 is 0 Å². The molecular formula is C17H12N2O5. The minimum absolute atomic E-state index is 0.212. The summed E-state index contributed by atoms with van der Waals surface area (Å²) in [6.45, 7) is 0. The summed E-state index contributed by atoms with van der Waals surface area (Å²) in [5, 5.41) is 2.44. The molecular weight excluding hydrogens is 312 g/mol. The van der Waals surface area contributed by atoms with Crippen LogP contribution in [0.15, 0.2) is 42.5 Å². The number of imide groups is 1. The Hall–Kier alpha value is -3.48. The summed E-state index contributed by atoms with van der Waals surface area (Å²) in [7, 11) is 1.27. The third-order valence-corrected chi connectivity index (χ3v) is 3.66. The Balaban J connectivity index is 1.95. The molecule has 2 aromatic carbocycles. The van der Waals surface area contributed by atoms with Crippen LogP contribution in [0, 0.1) is 0 Å². The summed E-state index contributed by atoms with van der Waals surface area (Å²) >= 11 is 0. The van der Waals surface area contributed by atoms with Crippen LogP contribution in [-0.4, -0.2) is 31.3 Å². The average Bonchev–Trinajstić information content (AvgIpc) is 2.85. The quantitative estimate of drug-likeness (QED) is 0.526. The standard InChI is InChI=1S/C17H12N2O5/c1-24-17(23)10-2-5-12(6-3-10)19-15(21)13-7-4-11(18-9-20)8-14(13)16(19)22/h2-9H,1H3,(H,18,20). The van der Waals surface area contributed by atoms with Gasteiger partial charge in [-0.2, -0.15) is 0 Å². The van der Waals surface area contributed by atoms with Gasteiger partial charge in [0.15, 0.2) is 0 Å². The number of ether oxygens (including phenoxy) is 1. The second kappa shape index (κ2) is 5.96. The number of hydrogen-bond donors (Lipinski definition) is 1. The molecule has 0 bridgehead atoms. The lowest BCUT2D eigenvalue weighted by molar-refractivity contribution is -0.105. The van der Waals surface area contributed by atoms with E-state index in [1.165, 1.54) is 43.5 Å². The van der Waals surface area contributed by atoms with Crippen molar-refractivity contribution >= 4 is 35.6 Å². The van der Waals surface area contributed by atoms with Gasteiger partial charge in [0.1, 0.15) is 0 Å². The molecule has 0 radical (unpaired) electrons. The van der Waals surface area contributed by atoms with Crippen LogP contribution in [-0.2, 0) is 9.53 Å². The molecule has 0 saturated carbocycles. The second-order valence-corrected chi connectivity index (χ2v) is 5.01. The zero-order valence-corrected chi connectivity index (χ0v) is 12.6. The van der Waals surface area contributed by atoms with Crippen molar-refractivity contribution in [2.75, 3.05) is 17.3 Å². The van der Waals surface area contributed by atoms with Gasteiger partial charge in [0.25, 0.3) is 11.8 Å². The summed E-state index contributed by atoms with van der Waals surface area (Å²) in [5.74, 6) is -1.46. The van der Waals surface area contributed by atoms with Crippen LogP contribution >= 0.6 is 0 Å². The lowest BCUT2D eigenvalue weighted by Crippen LogP contribution is -2.29. The number of carbonyl (C=O) groups is 4. The van der Waals surface area contributed by atoms with Crippen LogP contribution in [0.2, 0.25) is 0 Å². The van der Waals surface area contributed by atoms with Gasteiger partial charge in [-0.25, -0.2) is 9.69 Å². The fourth-order valence-electron chi connectivity index (χ4n) is 2.50. The van der Waals surface area contributed by atoms with E-state index in [4.69, 9.17) is 0 Å². The number of nitrogens with zero attached hydrogens (tertiary/aromatic N) is 1. The molecule has 0 spiro atoms. The number of amides is 3. The summed E-state index contributed by atoms with van der Waals surface area (Å²) < 4.78 is 4.61. The lowest BCUT2D eigenvalue weighted by Gasteiger charge is -2.14. The van der Waals surface area contributed by atoms with Crippen molar-refractivity contribution < 1.29 is 23.9 Å². The molecule has 120 valence electrons. The maximum Gasteiger partial charge on any atom is 0.337 e. The van der Waals surface area contributed by atoms with E-state index < -0.39 is 17.8 Å². The zero-order chi connectivity index (χ0) is 17.3. The number of anilines is 2. The SMILES string of the molecule is COC(=O)c1ccc(N2C(=O)c3ccc(NC=O)cc3C2=O)cc1. The van der Waals surface area contributed by atoms with Gasteiger partial charge in [-0.3, -0.25) is 14.4 Å². The van der Waals surface area contributed by atoms with E-state index in [9.17, 15) is 19.2 Å². The fourth-order valence-corrected chi connectivity index (χ4v) is 2.50. The van der Waals surface area contributed by atoms with Crippen molar-refractivity contribution in [2.45, 2.75) is 0 Å². The molecule has 3 rings (SSSR count). The first-order chi connectivity index (χ1) is 11.6. The first-order valence-electron chi connectivity index (χ1n) is 6.98. The maximum atomic E-state index is 12.5. The zero-order valence-electron chi connectivity index (χ0n) is 12.6. The number of nitrogens with one attached hydrogen (secondary N) is 1. The number of hydrogen-bond acceptors (Lipinski definition) is 5. The van der Waals surface area contributed by atoms with Gasteiger partial charge in [0, 0.05) is 5.69 Å². The molecule has 3 amide bonds. The number of rotatable bonds is 4. The Bertz CT molecular complexity index is 858. The molecule has 1 aliphatic rings. The largest absolute Gasteiger partial charge is 0.465 e. The third kappa shape index (κ3) is 2.41.